The van der Waals surface area contributed by atoms with Gasteiger partial charge in [0.25, 0.3) is 0 Å². The van der Waals surface area contributed by atoms with Crippen LogP contribution in [0.15, 0.2) is 60.7 Å². The van der Waals surface area contributed by atoms with Gasteiger partial charge in [-0.3, -0.25) is 6.08 Å². The van der Waals surface area contributed by atoms with Gasteiger partial charge in [-0.25, -0.2) is 12.2 Å². The molecule has 0 fully saturated rings. The van der Waals surface area contributed by atoms with E-state index in [9.17, 15) is 0 Å². The third-order valence-electron chi connectivity index (χ3n) is 2.13. The second-order valence-electron chi connectivity index (χ2n) is 3.16. The summed E-state index contributed by atoms with van der Waals surface area (Å²) in [7, 11) is 0. The summed E-state index contributed by atoms with van der Waals surface area (Å²) in [6.07, 6.45) is 10.0. The summed E-state index contributed by atoms with van der Waals surface area (Å²) in [5.74, 6) is 0. The number of hydrogen-bond acceptors (Lipinski definition) is 0. The van der Waals surface area contributed by atoms with E-state index >= 15 is 0 Å². The molecule has 1 aliphatic carbocycles. The second kappa shape index (κ2) is 12.4. The van der Waals surface area contributed by atoms with Crippen molar-refractivity contribution in [3.8, 4) is 0 Å². The Balaban J connectivity index is 0. The summed E-state index contributed by atoms with van der Waals surface area (Å²) in [5.41, 5.74) is 0. The quantitative estimate of drug-likeness (QED) is 0.480. The molecule has 96 valence electrons. The van der Waals surface area contributed by atoms with Crippen LogP contribution in [0.2, 0.25) is 0 Å². The Bertz CT molecular complexity index is 423. The monoisotopic (exact) mass is 272 g/mol. The first-order valence-corrected chi connectivity index (χ1v) is 6.25. The molecule has 2 aromatic rings. The average Bonchev–Trinajstić information content (AvgIpc) is 3.06. The minimum absolute atomic E-state index is 0. The van der Waals surface area contributed by atoms with Crippen molar-refractivity contribution >= 4 is 15.6 Å². The maximum absolute atomic E-state index is 3.25. The SMILES string of the molecule is [C-]1=CC=CC1.[CH2]=[Ti].[CH3-].[CH3-].c1ccc2[cH-]ccc2c1. The molecule has 0 bridgehead atoms. The van der Waals surface area contributed by atoms with E-state index in [4.69, 9.17) is 0 Å². The van der Waals surface area contributed by atoms with Gasteiger partial charge < -0.3 is 14.9 Å². The van der Waals surface area contributed by atoms with Crippen LogP contribution in [0.1, 0.15) is 6.42 Å². The van der Waals surface area contributed by atoms with Crippen LogP contribution in [0.4, 0.5) is 0 Å². The van der Waals surface area contributed by atoms with E-state index in [2.05, 4.69) is 59.4 Å². The molecular formula is C17H20Ti-4. The smallest absolute Gasteiger partial charge is 0.0809 e. The normalized spacial score (nSPS) is 10.2. The van der Waals surface area contributed by atoms with Gasteiger partial charge in [0.05, 0.1) is 0 Å². The maximum atomic E-state index is 3.25. The summed E-state index contributed by atoms with van der Waals surface area (Å²) >= 11 is 1.75. The van der Waals surface area contributed by atoms with Gasteiger partial charge in [-0.05, 0) is 0 Å². The molecule has 1 aliphatic rings. The van der Waals surface area contributed by atoms with Gasteiger partial charge in [0.2, 0.25) is 0 Å². The molecule has 0 spiro atoms. The fourth-order valence-electron chi connectivity index (χ4n) is 1.41. The summed E-state index contributed by atoms with van der Waals surface area (Å²) in [4.78, 5) is 3.25. The molecule has 0 saturated carbocycles. The van der Waals surface area contributed by atoms with E-state index in [1.165, 1.54) is 10.8 Å². The Morgan fingerprint density at radius 3 is 2.33 bits per heavy atom. The third kappa shape index (κ3) is 6.59. The first-order valence-electron chi connectivity index (χ1n) is 5.14. The zero-order valence-corrected chi connectivity index (χ0v) is 12.7. The van der Waals surface area contributed by atoms with E-state index in [0.29, 0.717) is 0 Å². The maximum Gasteiger partial charge on any atom is -0.0809 e. The Hall–Kier alpha value is -1.11. The first-order chi connectivity index (χ1) is 7.97. The summed E-state index contributed by atoms with van der Waals surface area (Å²) in [6.45, 7) is 0. The van der Waals surface area contributed by atoms with Crippen LogP contribution >= 0.6 is 0 Å². The predicted molar refractivity (Wildman–Crippen MR) is 81.1 cm³/mol. The van der Waals surface area contributed by atoms with Crippen molar-refractivity contribution in [3.05, 3.63) is 81.6 Å². The number of fused-ring (bicyclic) bond motifs is 1. The molecule has 0 nitrogen and oxygen atoms in total. The zero-order chi connectivity index (χ0) is 11.6. The molecule has 0 aromatic heterocycles. The van der Waals surface area contributed by atoms with Gasteiger partial charge in [-0.2, -0.15) is 23.6 Å². The average molecular weight is 272 g/mol. The molecule has 3 rings (SSSR count). The molecule has 2 aromatic carbocycles. The Morgan fingerprint density at radius 1 is 1.11 bits per heavy atom. The van der Waals surface area contributed by atoms with Gasteiger partial charge >= 0.3 is 24.8 Å². The Labute approximate surface area is 123 Å². The van der Waals surface area contributed by atoms with E-state index < -0.39 is 0 Å². The number of benzene rings is 1. The van der Waals surface area contributed by atoms with Crippen molar-refractivity contribution < 1.29 is 20.0 Å². The van der Waals surface area contributed by atoms with Crippen LogP contribution in [0.25, 0.3) is 10.8 Å². The zero-order valence-electron chi connectivity index (χ0n) is 11.2. The minimum atomic E-state index is 0. The molecule has 0 unspecified atom stereocenters. The Kier molecular flexibility index (Phi) is 13.2. The van der Waals surface area contributed by atoms with Crippen molar-refractivity contribution in [2.75, 3.05) is 0 Å². The molecular weight excluding hydrogens is 252 g/mol. The van der Waals surface area contributed by atoms with E-state index in [1.807, 2.05) is 12.2 Å². The molecule has 0 heterocycles. The van der Waals surface area contributed by atoms with Gasteiger partial charge in [-0.15, -0.1) is 36.1 Å². The van der Waals surface area contributed by atoms with Crippen LogP contribution in [0.5, 0.6) is 0 Å². The largest absolute Gasteiger partial charge is 0.358 e. The second-order valence-corrected chi connectivity index (χ2v) is 3.16. The van der Waals surface area contributed by atoms with Crippen LogP contribution in [-0.2, 0) is 20.0 Å². The van der Waals surface area contributed by atoms with E-state index in [1.54, 1.807) is 20.0 Å². The molecule has 18 heavy (non-hydrogen) atoms. The molecule has 0 aliphatic heterocycles. The fraction of sp³-hybridized carbons (Fsp3) is 0.0588. The van der Waals surface area contributed by atoms with E-state index in [-0.39, 0.29) is 14.9 Å². The summed E-state index contributed by atoms with van der Waals surface area (Å²) in [5, 5.41) is 2.66. The van der Waals surface area contributed by atoms with Crippen LogP contribution in [0.3, 0.4) is 0 Å². The molecule has 1 heteroatoms. The third-order valence-corrected chi connectivity index (χ3v) is 2.13. The molecule has 0 radical (unpaired) electrons. The van der Waals surface area contributed by atoms with Crippen molar-refractivity contribution in [3.63, 3.8) is 0 Å². The fourth-order valence-corrected chi connectivity index (χ4v) is 1.41. The standard InChI is InChI=1S/C9H7.C5H5.2CH3.CH2.Ti/c1-2-5-9-7-3-6-8(9)4-1;1-2-4-5-3-1;;;;/h1-7H;1-3H,4H2;2*1H3;1H2;/q4*-1;;. The predicted octanol–water partition coefficient (Wildman–Crippen LogP) is 4.73. The van der Waals surface area contributed by atoms with Gasteiger partial charge in [-0.1, -0.05) is 6.07 Å². The molecule has 0 saturated heterocycles. The van der Waals surface area contributed by atoms with Crippen LogP contribution in [0, 0.1) is 20.9 Å². The topological polar surface area (TPSA) is 0 Å². The first kappa shape index (κ1) is 19.2. The number of rotatable bonds is 0. The van der Waals surface area contributed by atoms with Crippen molar-refractivity contribution in [2.24, 2.45) is 0 Å². The van der Waals surface area contributed by atoms with E-state index in [0.717, 1.165) is 6.42 Å². The van der Waals surface area contributed by atoms with Gasteiger partial charge in [0.15, 0.2) is 0 Å². The van der Waals surface area contributed by atoms with Gasteiger partial charge in [0.1, 0.15) is 0 Å². The number of allylic oxidation sites excluding steroid dienone is 4. The van der Waals surface area contributed by atoms with Crippen molar-refractivity contribution in [1.29, 1.82) is 0 Å². The molecule has 0 atom stereocenters. The number of hydrogen-bond donors (Lipinski definition) is 0. The molecule has 0 amide bonds. The van der Waals surface area contributed by atoms with Crippen molar-refractivity contribution in [2.45, 2.75) is 6.42 Å². The van der Waals surface area contributed by atoms with Crippen molar-refractivity contribution in [1.82, 2.24) is 0 Å². The summed E-state index contributed by atoms with van der Waals surface area (Å²) < 4.78 is 0. The Morgan fingerprint density at radius 2 is 1.83 bits per heavy atom. The summed E-state index contributed by atoms with van der Waals surface area (Å²) in [6, 6.07) is 14.7. The van der Waals surface area contributed by atoms with Crippen LogP contribution in [-0.4, -0.2) is 4.82 Å². The molecule has 0 N–H and O–H groups in total. The van der Waals surface area contributed by atoms with Crippen LogP contribution < -0.4 is 0 Å². The minimum Gasteiger partial charge on any atom is -0.358 e. The van der Waals surface area contributed by atoms with Gasteiger partial charge in [0, 0.05) is 0 Å².